The quantitative estimate of drug-likeness (QED) is 0.772. The third-order valence-electron chi connectivity index (χ3n) is 2.80. The summed E-state index contributed by atoms with van der Waals surface area (Å²) >= 11 is 0. The number of hydrogen-bond acceptors (Lipinski definition) is 2. The van der Waals surface area contributed by atoms with Crippen molar-refractivity contribution in [3.63, 3.8) is 0 Å². The van der Waals surface area contributed by atoms with Crippen LogP contribution in [-0.4, -0.2) is 26.8 Å². The number of nitrogens with one attached hydrogen (secondary N) is 1. The Bertz CT molecular complexity index is 286. The predicted octanol–water partition coefficient (Wildman–Crippen LogP) is 2.16. The molecule has 0 fully saturated rings. The van der Waals surface area contributed by atoms with Gasteiger partial charge in [-0.3, -0.25) is 0 Å². The van der Waals surface area contributed by atoms with Gasteiger partial charge in [-0.05, 0) is 37.9 Å². The third kappa shape index (κ3) is 4.02. The highest BCUT2D eigenvalue weighted by molar-refractivity contribution is 5.25. The molecular formula is C13H21NO. The van der Waals surface area contributed by atoms with E-state index in [0.29, 0.717) is 6.04 Å². The maximum absolute atomic E-state index is 5.15. The van der Waals surface area contributed by atoms with Crippen LogP contribution in [0.3, 0.4) is 0 Å². The maximum atomic E-state index is 5.15. The molecule has 1 rings (SSSR count). The van der Waals surface area contributed by atoms with Crippen LogP contribution in [0.5, 0.6) is 0 Å². The van der Waals surface area contributed by atoms with Gasteiger partial charge in [0.25, 0.3) is 0 Å². The van der Waals surface area contributed by atoms with Crippen molar-refractivity contribution in [3.05, 3.63) is 35.4 Å². The van der Waals surface area contributed by atoms with Crippen molar-refractivity contribution in [1.29, 1.82) is 0 Å². The molecule has 0 saturated heterocycles. The van der Waals surface area contributed by atoms with Gasteiger partial charge in [-0.25, -0.2) is 0 Å². The Morgan fingerprint density at radius 2 is 2.07 bits per heavy atom. The summed E-state index contributed by atoms with van der Waals surface area (Å²) in [7, 11) is 3.74. The van der Waals surface area contributed by atoms with Crippen LogP contribution in [0.2, 0.25) is 0 Å². The van der Waals surface area contributed by atoms with Gasteiger partial charge in [0.2, 0.25) is 0 Å². The molecule has 2 nitrogen and oxygen atoms in total. The molecule has 0 radical (unpaired) electrons. The van der Waals surface area contributed by atoms with Gasteiger partial charge in [0.1, 0.15) is 0 Å². The average Bonchev–Trinajstić information content (AvgIpc) is 2.26. The lowest BCUT2D eigenvalue weighted by molar-refractivity contribution is 0.166. The van der Waals surface area contributed by atoms with Crippen LogP contribution in [0.15, 0.2) is 24.3 Å². The Morgan fingerprint density at radius 1 is 1.33 bits per heavy atom. The van der Waals surface area contributed by atoms with Gasteiger partial charge >= 0.3 is 0 Å². The Morgan fingerprint density at radius 3 is 2.67 bits per heavy atom. The average molecular weight is 207 g/mol. The Balaban J connectivity index is 2.45. The molecule has 0 aliphatic rings. The highest BCUT2D eigenvalue weighted by Crippen LogP contribution is 2.10. The molecule has 0 heterocycles. The summed E-state index contributed by atoms with van der Waals surface area (Å²) in [6.07, 6.45) is 2.23. The van der Waals surface area contributed by atoms with Crippen LogP contribution in [0.25, 0.3) is 0 Å². The van der Waals surface area contributed by atoms with Crippen molar-refractivity contribution >= 4 is 0 Å². The smallest absolute Gasteiger partial charge is 0.0615 e. The molecule has 15 heavy (non-hydrogen) atoms. The molecular weight excluding hydrogens is 186 g/mol. The molecule has 84 valence electrons. The molecule has 0 saturated carbocycles. The first-order valence-corrected chi connectivity index (χ1v) is 5.48. The topological polar surface area (TPSA) is 21.3 Å². The highest BCUT2D eigenvalue weighted by Gasteiger charge is 2.06. The second kappa shape index (κ2) is 6.59. The SMILES string of the molecule is CNC(CCc1ccccc1C)COC. The van der Waals surface area contributed by atoms with Crippen molar-refractivity contribution in [3.8, 4) is 0 Å². The summed E-state index contributed by atoms with van der Waals surface area (Å²) in [4.78, 5) is 0. The van der Waals surface area contributed by atoms with Gasteiger partial charge in [0.15, 0.2) is 0 Å². The van der Waals surface area contributed by atoms with Crippen molar-refractivity contribution < 1.29 is 4.74 Å². The number of rotatable bonds is 6. The standard InChI is InChI=1S/C13H21NO/c1-11-6-4-5-7-12(11)8-9-13(14-2)10-15-3/h4-7,13-14H,8-10H2,1-3H3. The van der Waals surface area contributed by atoms with Crippen LogP contribution >= 0.6 is 0 Å². The fourth-order valence-corrected chi connectivity index (χ4v) is 1.73. The third-order valence-corrected chi connectivity index (χ3v) is 2.80. The number of benzene rings is 1. The normalized spacial score (nSPS) is 12.7. The molecule has 1 aromatic rings. The van der Waals surface area contributed by atoms with E-state index >= 15 is 0 Å². The van der Waals surface area contributed by atoms with E-state index in [-0.39, 0.29) is 0 Å². The number of methoxy groups -OCH3 is 1. The van der Waals surface area contributed by atoms with Crippen molar-refractivity contribution in [2.75, 3.05) is 20.8 Å². The fourth-order valence-electron chi connectivity index (χ4n) is 1.73. The summed E-state index contributed by atoms with van der Waals surface area (Å²) in [6, 6.07) is 9.01. The van der Waals surface area contributed by atoms with E-state index in [4.69, 9.17) is 4.74 Å². The fraction of sp³-hybridized carbons (Fsp3) is 0.538. The van der Waals surface area contributed by atoms with Crippen molar-refractivity contribution in [1.82, 2.24) is 5.32 Å². The van der Waals surface area contributed by atoms with Gasteiger partial charge in [0.05, 0.1) is 6.61 Å². The number of aryl methyl sites for hydroxylation is 2. The Hall–Kier alpha value is -0.860. The van der Waals surface area contributed by atoms with E-state index < -0.39 is 0 Å². The van der Waals surface area contributed by atoms with Gasteiger partial charge < -0.3 is 10.1 Å². The van der Waals surface area contributed by atoms with E-state index in [2.05, 4.69) is 36.5 Å². The predicted molar refractivity (Wildman–Crippen MR) is 64.2 cm³/mol. The van der Waals surface area contributed by atoms with E-state index in [1.807, 2.05) is 7.05 Å². The first-order valence-electron chi connectivity index (χ1n) is 5.48. The lowest BCUT2D eigenvalue weighted by atomic mass is 10.0. The molecule has 0 aliphatic carbocycles. The Kier molecular flexibility index (Phi) is 5.37. The second-order valence-corrected chi connectivity index (χ2v) is 3.91. The summed E-state index contributed by atoms with van der Waals surface area (Å²) in [5.74, 6) is 0. The summed E-state index contributed by atoms with van der Waals surface area (Å²) in [5.41, 5.74) is 2.82. The molecule has 0 aromatic heterocycles. The minimum absolute atomic E-state index is 0.453. The van der Waals surface area contributed by atoms with Crippen LogP contribution < -0.4 is 5.32 Å². The Labute approximate surface area is 92.6 Å². The minimum Gasteiger partial charge on any atom is -0.383 e. The van der Waals surface area contributed by atoms with Gasteiger partial charge in [-0.15, -0.1) is 0 Å². The maximum Gasteiger partial charge on any atom is 0.0615 e. The zero-order valence-electron chi connectivity index (χ0n) is 9.92. The second-order valence-electron chi connectivity index (χ2n) is 3.91. The van der Waals surface area contributed by atoms with Crippen LogP contribution in [0.1, 0.15) is 17.5 Å². The zero-order valence-corrected chi connectivity index (χ0v) is 9.92. The molecule has 0 amide bonds. The number of ether oxygens (including phenoxy) is 1. The van der Waals surface area contributed by atoms with Gasteiger partial charge in [0, 0.05) is 13.2 Å². The first-order chi connectivity index (χ1) is 7.27. The first kappa shape index (κ1) is 12.2. The summed E-state index contributed by atoms with van der Waals surface area (Å²) in [5, 5.41) is 3.27. The van der Waals surface area contributed by atoms with E-state index in [1.54, 1.807) is 7.11 Å². The molecule has 2 heteroatoms. The largest absolute Gasteiger partial charge is 0.383 e. The van der Waals surface area contributed by atoms with E-state index in [0.717, 1.165) is 19.4 Å². The lowest BCUT2D eigenvalue weighted by Gasteiger charge is -2.15. The minimum atomic E-state index is 0.453. The summed E-state index contributed by atoms with van der Waals surface area (Å²) < 4.78 is 5.15. The molecule has 1 aromatic carbocycles. The summed E-state index contributed by atoms with van der Waals surface area (Å²) in [6.45, 7) is 2.95. The molecule has 0 aliphatic heterocycles. The molecule has 1 atom stereocenters. The van der Waals surface area contributed by atoms with Gasteiger partial charge in [-0.1, -0.05) is 24.3 Å². The number of likely N-dealkylation sites (N-methyl/N-ethyl adjacent to an activating group) is 1. The van der Waals surface area contributed by atoms with Crippen LogP contribution in [-0.2, 0) is 11.2 Å². The van der Waals surface area contributed by atoms with Crippen LogP contribution in [0, 0.1) is 6.92 Å². The zero-order chi connectivity index (χ0) is 11.1. The van der Waals surface area contributed by atoms with E-state index in [9.17, 15) is 0 Å². The van der Waals surface area contributed by atoms with E-state index in [1.165, 1.54) is 11.1 Å². The number of hydrogen-bond donors (Lipinski definition) is 1. The molecule has 0 spiro atoms. The molecule has 0 bridgehead atoms. The highest BCUT2D eigenvalue weighted by atomic mass is 16.5. The van der Waals surface area contributed by atoms with Crippen molar-refractivity contribution in [2.45, 2.75) is 25.8 Å². The molecule has 1 N–H and O–H groups in total. The van der Waals surface area contributed by atoms with Crippen LogP contribution in [0.4, 0.5) is 0 Å². The van der Waals surface area contributed by atoms with Crippen molar-refractivity contribution in [2.24, 2.45) is 0 Å². The lowest BCUT2D eigenvalue weighted by Crippen LogP contribution is -2.30. The monoisotopic (exact) mass is 207 g/mol. The molecule has 1 unspecified atom stereocenters. The van der Waals surface area contributed by atoms with Gasteiger partial charge in [-0.2, -0.15) is 0 Å².